The van der Waals surface area contributed by atoms with Gasteiger partial charge in [-0.05, 0) is 111 Å². The summed E-state index contributed by atoms with van der Waals surface area (Å²) in [7, 11) is 1.23. The van der Waals surface area contributed by atoms with Gasteiger partial charge in [-0.2, -0.15) is 8.78 Å². The van der Waals surface area contributed by atoms with Crippen molar-refractivity contribution in [1.29, 1.82) is 0 Å². The minimum absolute atomic E-state index is 0.126. The Kier molecular flexibility index (Phi) is 11.1. The normalized spacial score (nSPS) is 30.3. The Hall–Kier alpha value is -2.14. The second-order valence-electron chi connectivity index (χ2n) is 12.1. The van der Waals surface area contributed by atoms with Gasteiger partial charge in [0.25, 0.3) is 0 Å². The summed E-state index contributed by atoms with van der Waals surface area (Å²) in [5, 5.41) is 0. The Morgan fingerprint density at radius 2 is 1.33 bits per heavy atom. The fourth-order valence-electron chi connectivity index (χ4n) is 7.21. The number of benzene rings is 1. The van der Waals surface area contributed by atoms with Crippen LogP contribution in [0.15, 0.2) is 60.6 Å². The van der Waals surface area contributed by atoms with Crippen LogP contribution in [0, 0.1) is 23.7 Å². The Bertz CT molecular complexity index is 961. The number of methoxy groups -OCH3 is 1. The van der Waals surface area contributed by atoms with Gasteiger partial charge in [0.1, 0.15) is 6.61 Å². The van der Waals surface area contributed by atoms with Crippen LogP contribution in [-0.2, 0) is 20.8 Å². The van der Waals surface area contributed by atoms with Crippen LogP contribution in [0.25, 0.3) is 0 Å². The maximum atomic E-state index is 14.1. The van der Waals surface area contributed by atoms with E-state index in [4.69, 9.17) is 9.47 Å². The number of ether oxygens (including phenoxy) is 3. The Balaban J connectivity index is 1.17. The van der Waals surface area contributed by atoms with E-state index in [1.165, 1.54) is 89.7 Å². The first-order chi connectivity index (χ1) is 18.9. The second-order valence-corrected chi connectivity index (χ2v) is 12.1. The summed E-state index contributed by atoms with van der Waals surface area (Å²) in [6.45, 7) is 10.2. The summed E-state index contributed by atoms with van der Waals surface area (Å²) < 4.78 is 44.1. The molecule has 2 aliphatic carbocycles. The van der Waals surface area contributed by atoms with Gasteiger partial charge in [0.2, 0.25) is 11.7 Å². The van der Waals surface area contributed by atoms with Crippen LogP contribution >= 0.6 is 0 Å². The molecule has 3 fully saturated rings. The fourth-order valence-corrected chi connectivity index (χ4v) is 7.21. The highest BCUT2D eigenvalue weighted by Crippen LogP contribution is 2.46. The molecule has 0 bridgehead atoms. The van der Waals surface area contributed by atoms with Crippen LogP contribution in [0.4, 0.5) is 8.78 Å². The lowest BCUT2D eigenvalue weighted by Crippen LogP contribution is -2.33. The molecule has 0 radical (unpaired) electrons. The van der Waals surface area contributed by atoms with E-state index in [1.54, 1.807) is 0 Å². The average molecular weight is 543 g/mol. The van der Waals surface area contributed by atoms with Gasteiger partial charge in [0, 0.05) is 0 Å². The van der Waals surface area contributed by atoms with E-state index in [0.29, 0.717) is 12.0 Å². The molecule has 1 saturated heterocycles. The predicted molar refractivity (Wildman–Crippen MR) is 153 cm³/mol. The largest absolute Gasteiger partial charge is 0.494 e. The minimum Gasteiger partial charge on any atom is -0.494 e. The molecule has 39 heavy (non-hydrogen) atoms. The van der Waals surface area contributed by atoms with E-state index < -0.39 is 11.7 Å². The van der Waals surface area contributed by atoms with Crippen LogP contribution in [0.3, 0.4) is 0 Å². The summed E-state index contributed by atoms with van der Waals surface area (Å²) in [6, 6.07) is 8.35. The summed E-state index contributed by atoms with van der Waals surface area (Å²) in [5.41, 5.74) is 2.26. The van der Waals surface area contributed by atoms with Gasteiger partial charge in [-0.1, -0.05) is 50.8 Å². The molecule has 4 rings (SSSR count). The third-order valence-corrected chi connectivity index (χ3v) is 9.73. The highest BCUT2D eigenvalue weighted by atomic mass is 19.2. The maximum Gasteiger partial charge on any atom is 0.203 e. The molecule has 3 nitrogen and oxygen atoms in total. The molecule has 1 aromatic rings. The molecule has 1 aliphatic heterocycles. The van der Waals surface area contributed by atoms with Gasteiger partial charge in [0.15, 0.2) is 11.5 Å². The smallest absolute Gasteiger partial charge is 0.203 e. The van der Waals surface area contributed by atoms with Crippen molar-refractivity contribution in [3.8, 4) is 0 Å². The van der Waals surface area contributed by atoms with E-state index in [1.807, 2.05) is 12.1 Å². The number of halogens is 2. The van der Waals surface area contributed by atoms with Gasteiger partial charge < -0.3 is 14.2 Å². The Morgan fingerprint density at radius 1 is 0.795 bits per heavy atom. The maximum absolute atomic E-state index is 14.1. The number of hydrogen-bond donors (Lipinski definition) is 0. The molecule has 0 aromatic heterocycles. The molecule has 5 heteroatoms. The van der Waals surface area contributed by atoms with Crippen molar-refractivity contribution in [3.63, 3.8) is 0 Å². The average Bonchev–Trinajstić information content (AvgIpc) is 2.99. The number of rotatable bonds is 11. The van der Waals surface area contributed by atoms with Crippen molar-refractivity contribution in [2.45, 2.75) is 103 Å². The molecule has 0 spiro atoms. The van der Waals surface area contributed by atoms with Crippen LogP contribution in [0.1, 0.15) is 101 Å². The summed E-state index contributed by atoms with van der Waals surface area (Å²) in [5.74, 6) is 0.946. The van der Waals surface area contributed by atoms with E-state index >= 15 is 0 Å². The Labute approximate surface area is 234 Å². The van der Waals surface area contributed by atoms with Crippen LogP contribution in [-0.4, -0.2) is 19.8 Å². The lowest BCUT2D eigenvalue weighted by Gasteiger charge is -2.41. The topological polar surface area (TPSA) is 27.7 Å². The minimum atomic E-state index is -1.19. The molecular formula is C34H48F2O3. The highest BCUT2D eigenvalue weighted by molar-refractivity contribution is 5.30. The van der Waals surface area contributed by atoms with Gasteiger partial charge >= 0.3 is 0 Å². The first-order valence-electron chi connectivity index (χ1n) is 15.2. The number of hydrogen-bond acceptors (Lipinski definition) is 3. The third kappa shape index (κ3) is 7.96. The van der Waals surface area contributed by atoms with Crippen molar-refractivity contribution in [3.05, 3.63) is 71.7 Å². The van der Waals surface area contributed by atoms with Crippen LogP contribution < -0.4 is 0 Å². The molecule has 1 heterocycles. The molecule has 0 amide bonds. The zero-order chi connectivity index (χ0) is 27.8. The molecular weight excluding hydrogens is 494 g/mol. The van der Waals surface area contributed by atoms with Gasteiger partial charge in [-0.3, -0.25) is 0 Å². The molecule has 216 valence electrons. The van der Waals surface area contributed by atoms with E-state index in [2.05, 4.69) is 37.0 Å². The van der Waals surface area contributed by atoms with E-state index in [0.717, 1.165) is 35.8 Å². The summed E-state index contributed by atoms with van der Waals surface area (Å²) in [6.07, 6.45) is 16.4. The van der Waals surface area contributed by atoms with Crippen molar-refractivity contribution < 1.29 is 23.0 Å². The number of allylic oxidation sites excluding steroid dienone is 2. The van der Waals surface area contributed by atoms with Crippen molar-refractivity contribution >= 4 is 0 Å². The lowest BCUT2D eigenvalue weighted by atomic mass is 9.66. The summed E-state index contributed by atoms with van der Waals surface area (Å²) >= 11 is 0. The fraction of sp³-hybridized carbons (Fsp3) is 0.647. The standard InChI is InChI=1S/C34H48F2O3/c1-5-6-32-20-19-31(22-39-32)30-17-15-29(16-18-30)28-13-11-27(12-14-28)26-9-7-25(8-10-26)21-38-24(3)34(36)33(35)23(2)37-4/h7-10,27-32H,2-3,5-6,11-22H2,1,4H3/b34-33-. The van der Waals surface area contributed by atoms with Crippen molar-refractivity contribution in [2.24, 2.45) is 23.7 Å². The quantitative estimate of drug-likeness (QED) is 0.206. The molecule has 3 aliphatic rings. The zero-order valence-electron chi connectivity index (χ0n) is 24.1. The lowest BCUT2D eigenvalue weighted by molar-refractivity contribution is -0.0436. The van der Waals surface area contributed by atoms with Crippen molar-refractivity contribution in [2.75, 3.05) is 13.7 Å². The predicted octanol–water partition coefficient (Wildman–Crippen LogP) is 9.70. The SMILES string of the molecule is C=C(OC)/C(F)=C(/F)C(=C)OCc1ccc(C2CCC(C3CCC(C4CCC(CCC)OC4)CC3)CC2)cc1. The molecule has 2 atom stereocenters. The van der Waals surface area contributed by atoms with Gasteiger partial charge in [-0.25, -0.2) is 0 Å². The second kappa shape index (κ2) is 14.5. The molecule has 2 saturated carbocycles. The van der Waals surface area contributed by atoms with Crippen LogP contribution in [0.2, 0.25) is 0 Å². The summed E-state index contributed by atoms with van der Waals surface area (Å²) in [4.78, 5) is 0. The van der Waals surface area contributed by atoms with E-state index in [-0.39, 0.29) is 18.1 Å². The Morgan fingerprint density at radius 3 is 1.87 bits per heavy atom. The first-order valence-corrected chi connectivity index (χ1v) is 15.2. The molecule has 1 aromatic carbocycles. The highest BCUT2D eigenvalue weighted by Gasteiger charge is 2.35. The van der Waals surface area contributed by atoms with Crippen molar-refractivity contribution in [1.82, 2.24) is 0 Å². The van der Waals surface area contributed by atoms with Gasteiger partial charge in [-0.15, -0.1) is 0 Å². The first kappa shape index (κ1) is 29.8. The molecule has 0 N–H and O–H groups in total. The van der Waals surface area contributed by atoms with Gasteiger partial charge in [0.05, 0.1) is 19.8 Å². The third-order valence-electron chi connectivity index (χ3n) is 9.73. The monoisotopic (exact) mass is 542 g/mol. The van der Waals surface area contributed by atoms with Crippen LogP contribution in [0.5, 0.6) is 0 Å². The zero-order valence-corrected chi connectivity index (χ0v) is 24.1. The molecule has 2 unspecified atom stereocenters. The van der Waals surface area contributed by atoms with E-state index in [9.17, 15) is 8.78 Å².